The van der Waals surface area contributed by atoms with E-state index in [0.29, 0.717) is 28.6 Å². The Bertz CT molecular complexity index is 1700. The Kier molecular flexibility index (Phi) is 11.3. The summed E-state index contributed by atoms with van der Waals surface area (Å²) in [6.07, 6.45) is 0. The maximum atomic E-state index is 14.1. The predicted octanol–water partition coefficient (Wildman–Crippen LogP) is 6.83. The molecule has 0 aromatic heterocycles. The van der Waals surface area contributed by atoms with Gasteiger partial charge in [0.1, 0.15) is 24.1 Å². The molecule has 8 nitrogen and oxygen atoms in total. The molecule has 0 fully saturated rings. The first kappa shape index (κ1) is 33.6. The number of hydrogen-bond acceptors (Lipinski definition) is 5. The highest BCUT2D eigenvalue weighted by molar-refractivity contribution is 7.92. The van der Waals surface area contributed by atoms with Crippen molar-refractivity contribution in [1.82, 2.24) is 10.2 Å². The standard InChI is InChI=1S/C35H38ClN3O5S/c1-25(2)22-37-35(41)27(4)38(23-28-9-8-10-29(36)21-28)34(40)24-39(45(42,43)33-19-13-26(3)14-20-33)30-15-17-32(18-16-30)44-31-11-6-5-7-12-31/h5-21,25,27H,22-24H2,1-4H3,(H,37,41)/t27-/m1/s1. The Hall–Kier alpha value is -4.34. The van der Waals surface area contributed by atoms with Gasteiger partial charge >= 0.3 is 0 Å². The quantitative estimate of drug-likeness (QED) is 0.172. The van der Waals surface area contributed by atoms with Gasteiger partial charge in [-0.05, 0) is 86.0 Å². The van der Waals surface area contributed by atoms with Crippen LogP contribution in [0.25, 0.3) is 0 Å². The number of nitrogens with zero attached hydrogens (tertiary/aromatic N) is 2. The van der Waals surface area contributed by atoms with E-state index in [2.05, 4.69) is 5.32 Å². The molecule has 1 atom stereocenters. The van der Waals surface area contributed by atoms with Crippen molar-refractivity contribution in [2.75, 3.05) is 17.4 Å². The minimum Gasteiger partial charge on any atom is -0.457 e. The van der Waals surface area contributed by atoms with Crippen LogP contribution in [0.1, 0.15) is 31.9 Å². The molecule has 0 bridgehead atoms. The van der Waals surface area contributed by atoms with Crippen molar-refractivity contribution in [3.05, 3.63) is 119 Å². The fraction of sp³-hybridized carbons (Fsp3) is 0.257. The summed E-state index contributed by atoms with van der Waals surface area (Å²) >= 11 is 6.22. The lowest BCUT2D eigenvalue weighted by molar-refractivity contribution is -0.139. The first-order valence-electron chi connectivity index (χ1n) is 14.7. The number of amides is 2. The summed E-state index contributed by atoms with van der Waals surface area (Å²) in [7, 11) is -4.19. The average molecular weight is 648 g/mol. The predicted molar refractivity (Wildman–Crippen MR) is 178 cm³/mol. The van der Waals surface area contributed by atoms with E-state index in [9.17, 15) is 18.0 Å². The van der Waals surface area contributed by atoms with Gasteiger partial charge in [-0.15, -0.1) is 0 Å². The number of para-hydroxylation sites is 1. The molecule has 0 radical (unpaired) electrons. The number of aryl methyl sites for hydroxylation is 1. The molecule has 0 aliphatic carbocycles. The molecule has 0 unspecified atom stereocenters. The number of carbonyl (C=O) groups excluding carboxylic acids is 2. The van der Waals surface area contributed by atoms with Crippen molar-refractivity contribution in [3.8, 4) is 11.5 Å². The SMILES string of the molecule is Cc1ccc(S(=O)(=O)N(CC(=O)N(Cc2cccc(Cl)c2)[C@H](C)C(=O)NCC(C)C)c2ccc(Oc3ccccc3)cc2)cc1. The summed E-state index contributed by atoms with van der Waals surface area (Å²) in [5.41, 5.74) is 1.87. The van der Waals surface area contributed by atoms with Gasteiger partial charge in [-0.25, -0.2) is 8.42 Å². The van der Waals surface area contributed by atoms with Crippen molar-refractivity contribution in [2.24, 2.45) is 5.92 Å². The van der Waals surface area contributed by atoms with Crippen LogP contribution in [-0.2, 0) is 26.2 Å². The Morgan fingerprint density at radius 1 is 0.844 bits per heavy atom. The topological polar surface area (TPSA) is 96.0 Å². The molecule has 4 rings (SSSR count). The molecule has 4 aromatic rings. The van der Waals surface area contributed by atoms with Crippen LogP contribution in [0, 0.1) is 12.8 Å². The summed E-state index contributed by atoms with van der Waals surface area (Å²) < 4.78 is 35.1. The number of nitrogens with one attached hydrogen (secondary N) is 1. The van der Waals surface area contributed by atoms with Crippen molar-refractivity contribution in [1.29, 1.82) is 0 Å². The molecule has 236 valence electrons. The second-order valence-corrected chi connectivity index (χ2v) is 13.5. The molecule has 0 aliphatic heterocycles. The second-order valence-electron chi connectivity index (χ2n) is 11.2. The molecule has 1 N–H and O–H groups in total. The lowest BCUT2D eigenvalue weighted by atomic mass is 10.1. The van der Waals surface area contributed by atoms with E-state index in [1.165, 1.54) is 17.0 Å². The van der Waals surface area contributed by atoms with Gasteiger partial charge in [0.2, 0.25) is 11.8 Å². The summed E-state index contributed by atoms with van der Waals surface area (Å²) in [6.45, 7) is 7.39. The van der Waals surface area contributed by atoms with Gasteiger partial charge in [0.15, 0.2) is 0 Å². The van der Waals surface area contributed by atoms with Gasteiger partial charge in [-0.3, -0.25) is 13.9 Å². The Morgan fingerprint density at radius 2 is 1.49 bits per heavy atom. The molecule has 10 heteroatoms. The zero-order chi connectivity index (χ0) is 32.6. The summed E-state index contributed by atoms with van der Waals surface area (Å²) in [4.78, 5) is 28.7. The van der Waals surface area contributed by atoms with E-state index in [0.717, 1.165) is 9.87 Å². The first-order chi connectivity index (χ1) is 21.4. The van der Waals surface area contributed by atoms with Crippen LogP contribution < -0.4 is 14.4 Å². The van der Waals surface area contributed by atoms with Crippen LogP contribution in [0.4, 0.5) is 5.69 Å². The largest absolute Gasteiger partial charge is 0.457 e. The van der Waals surface area contributed by atoms with Crippen molar-refractivity contribution >= 4 is 39.1 Å². The Labute approximate surface area is 270 Å². The molecule has 4 aromatic carbocycles. The van der Waals surface area contributed by atoms with E-state index in [-0.39, 0.29) is 29.0 Å². The van der Waals surface area contributed by atoms with Crippen LogP contribution in [0.15, 0.2) is 108 Å². The average Bonchev–Trinajstić information content (AvgIpc) is 3.02. The summed E-state index contributed by atoms with van der Waals surface area (Å²) in [5, 5.41) is 3.37. The zero-order valence-electron chi connectivity index (χ0n) is 25.8. The van der Waals surface area contributed by atoms with Crippen LogP contribution in [0.3, 0.4) is 0 Å². The molecule has 45 heavy (non-hydrogen) atoms. The third kappa shape index (κ3) is 9.09. The third-order valence-corrected chi connectivity index (χ3v) is 9.11. The minimum atomic E-state index is -4.19. The maximum Gasteiger partial charge on any atom is 0.264 e. The highest BCUT2D eigenvalue weighted by Gasteiger charge is 2.32. The lowest BCUT2D eigenvalue weighted by Gasteiger charge is -2.32. The molecule has 0 spiro atoms. The number of benzene rings is 4. The number of carbonyl (C=O) groups is 2. The number of ether oxygens (including phenoxy) is 1. The molecule has 0 saturated carbocycles. The minimum absolute atomic E-state index is 0.0367. The van der Waals surface area contributed by atoms with Crippen molar-refractivity contribution in [3.63, 3.8) is 0 Å². The molecule has 0 heterocycles. The summed E-state index contributed by atoms with van der Waals surface area (Å²) in [6, 6.07) is 28.2. The van der Waals surface area contributed by atoms with E-state index in [1.54, 1.807) is 67.6 Å². The molecule has 2 amide bonds. The lowest BCUT2D eigenvalue weighted by Crippen LogP contribution is -2.51. The number of sulfonamides is 1. The number of hydrogen-bond donors (Lipinski definition) is 1. The number of rotatable bonds is 13. The van der Waals surface area contributed by atoms with Gasteiger partial charge < -0.3 is 15.0 Å². The highest BCUT2D eigenvalue weighted by Crippen LogP contribution is 2.29. The van der Waals surface area contributed by atoms with Crippen LogP contribution in [0.2, 0.25) is 5.02 Å². The Morgan fingerprint density at radius 3 is 2.11 bits per heavy atom. The van der Waals surface area contributed by atoms with Crippen LogP contribution in [-0.4, -0.2) is 44.3 Å². The van der Waals surface area contributed by atoms with Gasteiger partial charge in [0.25, 0.3) is 10.0 Å². The smallest absolute Gasteiger partial charge is 0.264 e. The van der Waals surface area contributed by atoms with Gasteiger partial charge in [0.05, 0.1) is 10.6 Å². The van der Waals surface area contributed by atoms with E-state index in [4.69, 9.17) is 16.3 Å². The molecule has 0 saturated heterocycles. The van der Waals surface area contributed by atoms with Crippen molar-refractivity contribution < 1.29 is 22.7 Å². The third-order valence-electron chi connectivity index (χ3n) is 7.09. The summed E-state index contributed by atoms with van der Waals surface area (Å²) in [5.74, 6) is 0.451. The fourth-order valence-electron chi connectivity index (χ4n) is 4.54. The number of halogens is 1. The normalized spacial score (nSPS) is 12.0. The fourth-order valence-corrected chi connectivity index (χ4v) is 6.17. The first-order valence-corrected chi connectivity index (χ1v) is 16.5. The Balaban J connectivity index is 1.69. The zero-order valence-corrected chi connectivity index (χ0v) is 27.4. The van der Waals surface area contributed by atoms with Crippen LogP contribution in [0.5, 0.6) is 11.5 Å². The monoisotopic (exact) mass is 647 g/mol. The van der Waals surface area contributed by atoms with Gasteiger partial charge in [-0.2, -0.15) is 0 Å². The molecular formula is C35H38ClN3O5S. The number of anilines is 1. The molecule has 0 aliphatic rings. The highest BCUT2D eigenvalue weighted by atomic mass is 35.5. The van der Waals surface area contributed by atoms with E-state index < -0.39 is 28.5 Å². The molecular weight excluding hydrogens is 610 g/mol. The maximum absolute atomic E-state index is 14.1. The van der Waals surface area contributed by atoms with Crippen molar-refractivity contribution in [2.45, 2.75) is 45.2 Å². The van der Waals surface area contributed by atoms with Gasteiger partial charge in [-0.1, -0.05) is 73.5 Å². The van der Waals surface area contributed by atoms with E-state index >= 15 is 0 Å². The van der Waals surface area contributed by atoms with Crippen LogP contribution >= 0.6 is 11.6 Å². The second kappa shape index (κ2) is 15.1. The van der Waals surface area contributed by atoms with Gasteiger partial charge in [0, 0.05) is 18.1 Å². The van der Waals surface area contributed by atoms with E-state index in [1.807, 2.05) is 51.1 Å².